The molecule has 2 rings (SSSR count). The maximum Gasteiger partial charge on any atom is 0.251 e. The molecule has 23 heavy (non-hydrogen) atoms. The van der Waals surface area contributed by atoms with Crippen molar-refractivity contribution >= 4 is 5.91 Å². The molecule has 6 nitrogen and oxygen atoms in total. The quantitative estimate of drug-likeness (QED) is 0.886. The molecule has 0 radical (unpaired) electrons. The lowest BCUT2D eigenvalue weighted by atomic mass is 10.1. The van der Waals surface area contributed by atoms with Crippen LogP contribution in [0.5, 0.6) is 17.4 Å². The zero-order chi connectivity index (χ0) is 16.8. The number of methoxy groups -OCH3 is 3. The summed E-state index contributed by atoms with van der Waals surface area (Å²) in [6.45, 7) is 2.19. The minimum absolute atomic E-state index is 0.229. The van der Waals surface area contributed by atoms with Crippen molar-refractivity contribution in [2.75, 3.05) is 21.3 Å². The number of carbonyl (C=O) groups excluding carboxylic acids is 1. The third kappa shape index (κ3) is 3.71. The van der Waals surface area contributed by atoms with Crippen LogP contribution in [0.2, 0.25) is 0 Å². The molecular weight excluding hydrogens is 296 g/mol. The number of hydrogen-bond acceptors (Lipinski definition) is 5. The van der Waals surface area contributed by atoms with Crippen molar-refractivity contribution < 1.29 is 19.0 Å². The van der Waals surface area contributed by atoms with E-state index in [4.69, 9.17) is 14.2 Å². The highest BCUT2D eigenvalue weighted by atomic mass is 16.5. The van der Waals surface area contributed by atoms with Crippen LogP contribution >= 0.6 is 0 Å². The van der Waals surface area contributed by atoms with E-state index in [2.05, 4.69) is 10.3 Å². The number of amides is 1. The van der Waals surface area contributed by atoms with Crippen LogP contribution in [0.3, 0.4) is 0 Å². The Kier molecular flexibility index (Phi) is 5.41. The van der Waals surface area contributed by atoms with Crippen LogP contribution in [-0.4, -0.2) is 32.2 Å². The molecule has 0 spiro atoms. The van der Waals surface area contributed by atoms with E-state index in [1.54, 1.807) is 45.7 Å². The summed E-state index contributed by atoms with van der Waals surface area (Å²) in [6, 6.07) is 7.02. The summed E-state index contributed by atoms with van der Waals surface area (Å²) in [7, 11) is 4.66. The van der Waals surface area contributed by atoms with Crippen LogP contribution in [0.1, 0.15) is 21.5 Å². The molecule has 0 aliphatic carbocycles. The predicted molar refractivity (Wildman–Crippen MR) is 86.2 cm³/mol. The van der Waals surface area contributed by atoms with Gasteiger partial charge >= 0.3 is 0 Å². The molecule has 1 aromatic carbocycles. The molecule has 1 N–H and O–H groups in total. The van der Waals surface area contributed by atoms with Gasteiger partial charge in [0, 0.05) is 29.4 Å². The van der Waals surface area contributed by atoms with Gasteiger partial charge in [-0.1, -0.05) is 6.07 Å². The lowest BCUT2D eigenvalue weighted by Crippen LogP contribution is -2.23. The Bertz CT molecular complexity index is 676. The summed E-state index contributed by atoms with van der Waals surface area (Å²) in [5.74, 6) is 1.47. The second kappa shape index (κ2) is 7.49. The van der Waals surface area contributed by atoms with Gasteiger partial charge in [-0.05, 0) is 25.1 Å². The Labute approximate surface area is 135 Å². The summed E-state index contributed by atoms with van der Waals surface area (Å²) in [6.07, 6.45) is 1.64. The van der Waals surface area contributed by atoms with Crippen molar-refractivity contribution in [3.63, 3.8) is 0 Å². The Morgan fingerprint density at radius 3 is 2.35 bits per heavy atom. The molecule has 0 aliphatic rings. The highest BCUT2D eigenvalue weighted by Gasteiger charge is 2.14. The number of benzene rings is 1. The smallest absolute Gasteiger partial charge is 0.251 e. The molecule has 1 amide bonds. The third-order valence-electron chi connectivity index (χ3n) is 3.50. The van der Waals surface area contributed by atoms with Gasteiger partial charge in [0.1, 0.15) is 11.5 Å². The lowest BCUT2D eigenvalue weighted by molar-refractivity contribution is 0.0950. The monoisotopic (exact) mass is 316 g/mol. The van der Waals surface area contributed by atoms with E-state index in [9.17, 15) is 4.79 Å². The van der Waals surface area contributed by atoms with Gasteiger partial charge in [-0.2, -0.15) is 0 Å². The second-order valence-corrected chi connectivity index (χ2v) is 4.86. The Morgan fingerprint density at radius 2 is 1.78 bits per heavy atom. The first-order valence-electron chi connectivity index (χ1n) is 7.09. The van der Waals surface area contributed by atoms with Crippen LogP contribution in [0.25, 0.3) is 0 Å². The molecule has 0 bridgehead atoms. The standard InChI is InChI=1S/C17H20N2O4/c1-11-14(21-2)8-13(9-15(11)22-3)16(20)19-10-12-6-5-7-18-17(12)23-4/h5-9H,10H2,1-4H3,(H,19,20). The van der Waals surface area contributed by atoms with Gasteiger partial charge in [0.2, 0.25) is 5.88 Å². The van der Waals surface area contributed by atoms with E-state index in [-0.39, 0.29) is 5.91 Å². The van der Waals surface area contributed by atoms with E-state index in [0.29, 0.717) is 29.5 Å². The zero-order valence-corrected chi connectivity index (χ0v) is 13.7. The molecule has 122 valence electrons. The largest absolute Gasteiger partial charge is 0.496 e. The molecule has 0 saturated heterocycles. The maximum absolute atomic E-state index is 12.4. The molecule has 0 fully saturated rings. The van der Waals surface area contributed by atoms with Gasteiger partial charge in [-0.15, -0.1) is 0 Å². The summed E-state index contributed by atoms with van der Waals surface area (Å²) >= 11 is 0. The van der Waals surface area contributed by atoms with Gasteiger partial charge in [-0.3, -0.25) is 4.79 Å². The maximum atomic E-state index is 12.4. The minimum atomic E-state index is -0.229. The first kappa shape index (κ1) is 16.6. The van der Waals surface area contributed by atoms with Gasteiger partial charge in [0.15, 0.2) is 0 Å². The topological polar surface area (TPSA) is 69.7 Å². The predicted octanol–water partition coefficient (Wildman–Crippen LogP) is 2.35. The van der Waals surface area contributed by atoms with Gasteiger partial charge in [0.05, 0.1) is 21.3 Å². The normalized spacial score (nSPS) is 10.1. The summed E-state index contributed by atoms with van der Waals surface area (Å²) in [5, 5.41) is 2.84. The average Bonchev–Trinajstić information content (AvgIpc) is 2.60. The molecule has 1 aromatic heterocycles. The van der Waals surface area contributed by atoms with E-state index in [1.807, 2.05) is 13.0 Å². The summed E-state index contributed by atoms with van der Waals surface area (Å²) in [4.78, 5) is 16.5. The molecule has 2 aromatic rings. The Hall–Kier alpha value is -2.76. The summed E-state index contributed by atoms with van der Waals surface area (Å²) in [5.41, 5.74) is 2.11. The highest BCUT2D eigenvalue weighted by molar-refractivity contribution is 5.95. The number of ether oxygens (including phenoxy) is 3. The first-order valence-corrected chi connectivity index (χ1v) is 7.09. The highest BCUT2D eigenvalue weighted by Crippen LogP contribution is 2.29. The Balaban J connectivity index is 2.18. The van der Waals surface area contributed by atoms with Crippen LogP contribution < -0.4 is 19.5 Å². The molecule has 0 unspecified atom stereocenters. The number of nitrogens with zero attached hydrogens (tertiary/aromatic N) is 1. The van der Waals surface area contributed by atoms with Crippen molar-refractivity contribution in [3.05, 3.63) is 47.2 Å². The van der Waals surface area contributed by atoms with Gasteiger partial charge < -0.3 is 19.5 Å². The Morgan fingerprint density at radius 1 is 1.13 bits per heavy atom. The van der Waals surface area contributed by atoms with Crippen molar-refractivity contribution in [2.24, 2.45) is 0 Å². The lowest BCUT2D eigenvalue weighted by Gasteiger charge is -2.13. The van der Waals surface area contributed by atoms with Gasteiger partial charge in [0.25, 0.3) is 5.91 Å². The van der Waals surface area contributed by atoms with E-state index in [0.717, 1.165) is 11.1 Å². The fourth-order valence-corrected chi connectivity index (χ4v) is 2.24. The summed E-state index contributed by atoms with van der Waals surface area (Å²) < 4.78 is 15.7. The van der Waals surface area contributed by atoms with Crippen LogP contribution in [0, 0.1) is 6.92 Å². The number of aromatic nitrogens is 1. The van der Waals surface area contributed by atoms with E-state index >= 15 is 0 Å². The van der Waals surface area contributed by atoms with Crippen molar-refractivity contribution in [1.82, 2.24) is 10.3 Å². The molecular formula is C17H20N2O4. The van der Waals surface area contributed by atoms with Crippen LogP contribution in [0.4, 0.5) is 0 Å². The average molecular weight is 316 g/mol. The fourth-order valence-electron chi connectivity index (χ4n) is 2.24. The van der Waals surface area contributed by atoms with Crippen molar-refractivity contribution in [2.45, 2.75) is 13.5 Å². The fraction of sp³-hybridized carbons (Fsp3) is 0.294. The number of nitrogens with one attached hydrogen (secondary N) is 1. The number of rotatable bonds is 6. The first-order chi connectivity index (χ1) is 11.1. The number of carbonyl (C=O) groups is 1. The number of hydrogen-bond donors (Lipinski definition) is 1. The van der Waals surface area contributed by atoms with Crippen molar-refractivity contribution in [3.8, 4) is 17.4 Å². The second-order valence-electron chi connectivity index (χ2n) is 4.86. The molecule has 6 heteroatoms. The minimum Gasteiger partial charge on any atom is -0.496 e. The van der Waals surface area contributed by atoms with Crippen molar-refractivity contribution in [1.29, 1.82) is 0 Å². The number of pyridine rings is 1. The van der Waals surface area contributed by atoms with Crippen LogP contribution in [0.15, 0.2) is 30.5 Å². The van der Waals surface area contributed by atoms with Gasteiger partial charge in [-0.25, -0.2) is 4.98 Å². The van der Waals surface area contributed by atoms with Crippen LogP contribution in [-0.2, 0) is 6.54 Å². The molecule has 0 aliphatic heterocycles. The SMILES string of the molecule is COc1cc(C(=O)NCc2cccnc2OC)cc(OC)c1C. The van der Waals surface area contributed by atoms with E-state index < -0.39 is 0 Å². The molecule has 1 heterocycles. The van der Waals surface area contributed by atoms with E-state index in [1.165, 1.54) is 0 Å². The zero-order valence-electron chi connectivity index (χ0n) is 13.7. The molecule has 0 atom stereocenters. The molecule has 0 saturated carbocycles. The third-order valence-corrected chi connectivity index (χ3v) is 3.50.